The van der Waals surface area contributed by atoms with Crippen LogP contribution >= 0.6 is 0 Å². The number of benzene rings is 1. The fraction of sp³-hybridized carbons (Fsp3) is 0. The summed E-state index contributed by atoms with van der Waals surface area (Å²) in [5, 5.41) is 5.76. The van der Waals surface area contributed by atoms with Crippen molar-refractivity contribution in [1.29, 1.82) is 0 Å². The molecule has 0 aliphatic heterocycles. The number of hydrogen-bond donors (Lipinski definition) is 1. The second-order valence-corrected chi connectivity index (χ2v) is 3.04. The van der Waals surface area contributed by atoms with Gasteiger partial charge in [0.15, 0.2) is 0 Å². The van der Waals surface area contributed by atoms with Crippen LogP contribution in [0.1, 0.15) is 16.1 Å². The molecule has 1 aromatic carbocycles. The second-order valence-electron chi connectivity index (χ2n) is 3.04. The maximum absolute atomic E-state index is 13.2. The summed E-state index contributed by atoms with van der Waals surface area (Å²) in [4.78, 5) is 11.6. The summed E-state index contributed by atoms with van der Waals surface area (Å²) in [6.45, 7) is 0. The minimum absolute atomic E-state index is 0.0654. The van der Waals surface area contributed by atoms with Gasteiger partial charge in [-0.15, -0.1) is 0 Å². The number of nitrogens with zero attached hydrogens (tertiary/aromatic N) is 1. The fourth-order valence-electron chi connectivity index (χ4n) is 1.28. The Labute approximate surface area is 87.9 Å². The Bertz CT molecular complexity index is 514. The Morgan fingerprint density at radius 3 is 2.31 bits per heavy atom. The Morgan fingerprint density at radius 1 is 1.19 bits per heavy atom. The zero-order valence-corrected chi connectivity index (χ0v) is 7.80. The predicted molar refractivity (Wildman–Crippen MR) is 48.3 cm³/mol. The molecule has 0 spiro atoms. The van der Waals surface area contributed by atoms with Crippen molar-refractivity contribution in [1.82, 2.24) is 10.2 Å². The van der Waals surface area contributed by atoms with Crippen molar-refractivity contribution in [3.63, 3.8) is 0 Å². The molecule has 0 atom stereocenters. The predicted octanol–water partition coefficient (Wildman–Crippen LogP) is 2.06. The molecule has 16 heavy (non-hydrogen) atoms. The van der Waals surface area contributed by atoms with Crippen LogP contribution in [0.15, 0.2) is 24.4 Å². The molecular formula is C10H5F3N2O. The summed E-state index contributed by atoms with van der Waals surface area (Å²) in [6, 6.07) is 2.17. The maximum atomic E-state index is 13.2. The van der Waals surface area contributed by atoms with Crippen LogP contribution in [-0.2, 0) is 0 Å². The van der Waals surface area contributed by atoms with E-state index in [0.29, 0.717) is 12.1 Å². The SMILES string of the molecule is O=C(c1ccn[nH]1)c1c(F)cc(F)cc1F. The summed E-state index contributed by atoms with van der Waals surface area (Å²) in [7, 11) is 0. The van der Waals surface area contributed by atoms with E-state index in [0.717, 1.165) is 0 Å². The van der Waals surface area contributed by atoms with Crippen LogP contribution < -0.4 is 0 Å². The number of nitrogens with one attached hydrogen (secondary N) is 1. The zero-order valence-electron chi connectivity index (χ0n) is 7.80. The van der Waals surface area contributed by atoms with Gasteiger partial charge in [0.25, 0.3) is 0 Å². The fourth-order valence-corrected chi connectivity index (χ4v) is 1.28. The first-order valence-corrected chi connectivity index (χ1v) is 4.28. The molecule has 0 amide bonds. The largest absolute Gasteiger partial charge is 0.287 e. The van der Waals surface area contributed by atoms with Crippen molar-refractivity contribution < 1.29 is 18.0 Å². The number of hydrogen-bond acceptors (Lipinski definition) is 2. The Kier molecular flexibility index (Phi) is 2.47. The van der Waals surface area contributed by atoms with Gasteiger partial charge in [-0.1, -0.05) is 0 Å². The summed E-state index contributed by atoms with van der Waals surface area (Å²) in [5.41, 5.74) is -0.866. The van der Waals surface area contributed by atoms with Crippen molar-refractivity contribution in [2.45, 2.75) is 0 Å². The van der Waals surface area contributed by atoms with Gasteiger partial charge in [-0.2, -0.15) is 5.10 Å². The molecule has 0 unspecified atom stereocenters. The van der Waals surface area contributed by atoms with E-state index in [1.165, 1.54) is 12.3 Å². The molecule has 82 valence electrons. The van der Waals surface area contributed by atoms with E-state index in [1.54, 1.807) is 0 Å². The molecule has 0 bridgehead atoms. The first kappa shape index (κ1) is 10.4. The van der Waals surface area contributed by atoms with Crippen LogP contribution in [0.3, 0.4) is 0 Å². The lowest BCUT2D eigenvalue weighted by molar-refractivity contribution is 0.102. The minimum atomic E-state index is -1.24. The number of carbonyl (C=O) groups is 1. The van der Waals surface area contributed by atoms with Crippen molar-refractivity contribution in [3.05, 3.63) is 53.1 Å². The van der Waals surface area contributed by atoms with Gasteiger partial charge >= 0.3 is 0 Å². The highest BCUT2D eigenvalue weighted by atomic mass is 19.1. The van der Waals surface area contributed by atoms with Crippen molar-refractivity contribution in [2.75, 3.05) is 0 Å². The van der Waals surface area contributed by atoms with E-state index in [4.69, 9.17) is 0 Å². The molecule has 2 rings (SSSR count). The summed E-state index contributed by atoms with van der Waals surface area (Å²) < 4.78 is 39.0. The third-order valence-corrected chi connectivity index (χ3v) is 1.98. The Balaban J connectivity index is 2.53. The molecule has 3 nitrogen and oxygen atoms in total. The summed E-state index contributed by atoms with van der Waals surface area (Å²) >= 11 is 0. The van der Waals surface area contributed by atoms with Crippen LogP contribution in [-0.4, -0.2) is 16.0 Å². The molecule has 0 fully saturated rings. The average Bonchev–Trinajstić information content (AvgIpc) is 2.67. The molecule has 0 aliphatic rings. The number of aromatic nitrogens is 2. The third-order valence-electron chi connectivity index (χ3n) is 1.98. The van der Waals surface area contributed by atoms with Gasteiger partial charge in [0.2, 0.25) is 5.78 Å². The number of rotatable bonds is 2. The van der Waals surface area contributed by atoms with E-state index < -0.39 is 28.8 Å². The minimum Gasteiger partial charge on any atom is -0.287 e. The van der Waals surface area contributed by atoms with Crippen LogP contribution in [0.4, 0.5) is 13.2 Å². The second kappa shape index (κ2) is 3.80. The van der Waals surface area contributed by atoms with Crippen LogP contribution in [0, 0.1) is 17.5 Å². The molecule has 1 aromatic heterocycles. The Morgan fingerprint density at radius 2 is 1.81 bits per heavy atom. The molecule has 0 aliphatic carbocycles. The topological polar surface area (TPSA) is 45.8 Å². The quantitative estimate of drug-likeness (QED) is 0.796. The first-order chi connectivity index (χ1) is 7.59. The van der Waals surface area contributed by atoms with E-state index in [9.17, 15) is 18.0 Å². The lowest BCUT2D eigenvalue weighted by Gasteiger charge is -2.02. The smallest absolute Gasteiger partial charge is 0.216 e. The maximum Gasteiger partial charge on any atom is 0.216 e. The Hall–Kier alpha value is -2.11. The number of ketones is 1. The van der Waals surface area contributed by atoms with Crippen LogP contribution in [0.2, 0.25) is 0 Å². The molecule has 1 N–H and O–H groups in total. The van der Waals surface area contributed by atoms with Crippen LogP contribution in [0.25, 0.3) is 0 Å². The van der Waals surface area contributed by atoms with Gasteiger partial charge in [-0.3, -0.25) is 9.89 Å². The highest BCUT2D eigenvalue weighted by Crippen LogP contribution is 2.17. The van der Waals surface area contributed by atoms with Gasteiger partial charge in [0.1, 0.15) is 23.1 Å². The number of carbonyl (C=O) groups excluding carboxylic acids is 1. The number of aromatic amines is 1. The molecule has 6 heteroatoms. The average molecular weight is 226 g/mol. The van der Waals surface area contributed by atoms with E-state index in [2.05, 4.69) is 10.2 Å². The van der Waals surface area contributed by atoms with Gasteiger partial charge in [0, 0.05) is 18.3 Å². The lowest BCUT2D eigenvalue weighted by Crippen LogP contribution is -2.08. The highest BCUT2D eigenvalue weighted by Gasteiger charge is 2.21. The normalized spacial score (nSPS) is 10.4. The first-order valence-electron chi connectivity index (χ1n) is 4.28. The van der Waals surface area contributed by atoms with Gasteiger partial charge in [-0.05, 0) is 6.07 Å². The summed E-state index contributed by atoms with van der Waals surface area (Å²) in [5.74, 6) is -4.46. The summed E-state index contributed by atoms with van der Waals surface area (Å²) in [6.07, 6.45) is 1.27. The molecular weight excluding hydrogens is 221 g/mol. The molecule has 0 radical (unpaired) electrons. The molecule has 0 saturated carbocycles. The van der Waals surface area contributed by atoms with Gasteiger partial charge in [0.05, 0.1) is 5.56 Å². The highest BCUT2D eigenvalue weighted by molar-refractivity contribution is 6.07. The monoisotopic (exact) mass is 226 g/mol. The number of H-pyrrole nitrogens is 1. The zero-order chi connectivity index (χ0) is 11.7. The van der Waals surface area contributed by atoms with E-state index in [1.807, 2.05) is 0 Å². The van der Waals surface area contributed by atoms with Crippen molar-refractivity contribution in [3.8, 4) is 0 Å². The standard InChI is InChI=1S/C10H5F3N2O/c11-5-3-6(12)9(7(13)4-5)10(16)8-1-2-14-15-8/h1-4H,(H,14,15). The molecule has 1 heterocycles. The molecule has 2 aromatic rings. The third kappa shape index (κ3) is 1.69. The van der Waals surface area contributed by atoms with Crippen molar-refractivity contribution in [2.24, 2.45) is 0 Å². The van der Waals surface area contributed by atoms with E-state index in [-0.39, 0.29) is 5.69 Å². The van der Waals surface area contributed by atoms with Gasteiger partial charge < -0.3 is 0 Å². The van der Waals surface area contributed by atoms with E-state index >= 15 is 0 Å². The van der Waals surface area contributed by atoms with Crippen LogP contribution in [0.5, 0.6) is 0 Å². The van der Waals surface area contributed by atoms with Crippen molar-refractivity contribution >= 4 is 5.78 Å². The lowest BCUT2D eigenvalue weighted by atomic mass is 10.1. The number of halogens is 3. The molecule has 0 saturated heterocycles. The van der Waals surface area contributed by atoms with Gasteiger partial charge in [-0.25, -0.2) is 13.2 Å².